The minimum absolute atomic E-state index is 0.00566. The summed E-state index contributed by atoms with van der Waals surface area (Å²) in [6.45, 7) is 3.68. The van der Waals surface area contributed by atoms with Crippen LogP contribution in [0, 0.1) is 6.92 Å². The first-order valence-corrected chi connectivity index (χ1v) is 9.48. The first kappa shape index (κ1) is 18.2. The van der Waals surface area contributed by atoms with Gasteiger partial charge in [0, 0.05) is 40.7 Å². The number of ether oxygens (including phenoxy) is 1. The summed E-state index contributed by atoms with van der Waals surface area (Å²) in [5, 5.41) is 2.81. The van der Waals surface area contributed by atoms with E-state index in [0.717, 1.165) is 30.8 Å². The highest BCUT2D eigenvalue weighted by Gasteiger charge is 2.18. The summed E-state index contributed by atoms with van der Waals surface area (Å²) in [6.07, 6.45) is 5.43. The van der Waals surface area contributed by atoms with Crippen LogP contribution in [0.15, 0.2) is 42.5 Å². The Kier molecular flexibility index (Phi) is 6.07. The molecule has 3 rings (SSSR count). The van der Waals surface area contributed by atoms with Crippen LogP contribution in [-0.2, 0) is 9.59 Å². The van der Waals surface area contributed by atoms with Crippen LogP contribution in [-0.4, -0.2) is 36.4 Å². The van der Waals surface area contributed by atoms with Gasteiger partial charge in [0.15, 0.2) is 6.61 Å². The Labute approximate surface area is 157 Å². The van der Waals surface area contributed by atoms with Crippen LogP contribution in [0.25, 0.3) is 6.08 Å². The van der Waals surface area contributed by atoms with E-state index >= 15 is 0 Å². The van der Waals surface area contributed by atoms with E-state index in [1.54, 1.807) is 41.7 Å². The van der Waals surface area contributed by atoms with Crippen molar-refractivity contribution in [3.8, 4) is 5.75 Å². The summed E-state index contributed by atoms with van der Waals surface area (Å²) in [4.78, 5) is 28.1. The lowest BCUT2D eigenvalue weighted by Gasteiger charge is -2.15. The van der Waals surface area contributed by atoms with Crippen molar-refractivity contribution in [2.75, 3.05) is 25.0 Å². The summed E-state index contributed by atoms with van der Waals surface area (Å²) in [5.41, 5.74) is 0.633. The molecule has 5 nitrogen and oxygen atoms in total. The molecule has 26 heavy (non-hydrogen) atoms. The Morgan fingerprint density at radius 2 is 2.04 bits per heavy atom. The van der Waals surface area contributed by atoms with Crippen molar-refractivity contribution in [2.24, 2.45) is 0 Å². The van der Waals surface area contributed by atoms with Gasteiger partial charge in [-0.1, -0.05) is 6.07 Å². The summed E-state index contributed by atoms with van der Waals surface area (Å²) in [6, 6.07) is 11.1. The molecule has 1 N–H and O–H groups in total. The number of aryl methyl sites for hydroxylation is 1. The fourth-order valence-corrected chi connectivity index (χ4v) is 3.53. The smallest absolute Gasteiger partial charge is 0.260 e. The van der Waals surface area contributed by atoms with E-state index in [9.17, 15) is 9.59 Å². The lowest BCUT2D eigenvalue weighted by atomic mass is 10.3. The zero-order valence-electron chi connectivity index (χ0n) is 14.7. The molecule has 2 amide bonds. The van der Waals surface area contributed by atoms with E-state index in [0.29, 0.717) is 11.4 Å². The molecule has 6 heteroatoms. The molecule has 1 saturated heterocycles. The van der Waals surface area contributed by atoms with Gasteiger partial charge < -0.3 is 15.0 Å². The first-order valence-electron chi connectivity index (χ1n) is 8.66. The zero-order valence-corrected chi connectivity index (χ0v) is 15.6. The third-order valence-corrected chi connectivity index (χ3v) is 5.05. The summed E-state index contributed by atoms with van der Waals surface area (Å²) >= 11 is 1.64. The second kappa shape index (κ2) is 8.67. The van der Waals surface area contributed by atoms with Crippen molar-refractivity contribution >= 4 is 34.9 Å². The van der Waals surface area contributed by atoms with Crippen LogP contribution < -0.4 is 10.1 Å². The predicted octanol–water partition coefficient (Wildman–Crippen LogP) is 3.71. The lowest BCUT2D eigenvalue weighted by molar-refractivity contribution is -0.132. The summed E-state index contributed by atoms with van der Waals surface area (Å²) in [7, 11) is 0. The number of amides is 2. The van der Waals surface area contributed by atoms with Crippen molar-refractivity contribution in [3.05, 3.63) is 52.2 Å². The minimum Gasteiger partial charge on any atom is -0.484 e. The highest BCUT2D eigenvalue weighted by Crippen LogP contribution is 2.19. The minimum atomic E-state index is -0.207. The molecule has 1 aromatic carbocycles. The molecule has 0 saturated carbocycles. The Balaban J connectivity index is 1.52. The van der Waals surface area contributed by atoms with Gasteiger partial charge in [-0.15, -0.1) is 11.3 Å². The van der Waals surface area contributed by atoms with Gasteiger partial charge in [0.25, 0.3) is 5.91 Å². The molecule has 1 aliphatic rings. The van der Waals surface area contributed by atoms with Crippen molar-refractivity contribution in [1.82, 2.24) is 4.90 Å². The van der Waals surface area contributed by atoms with Gasteiger partial charge in [0.1, 0.15) is 5.75 Å². The SMILES string of the molecule is Cc1ccc(/C=C/C(=O)Nc2cccc(OCC(=O)N3CCCC3)c2)s1. The van der Waals surface area contributed by atoms with E-state index in [-0.39, 0.29) is 18.4 Å². The second-order valence-electron chi connectivity index (χ2n) is 6.18. The normalized spacial score (nSPS) is 14.0. The highest BCUT2D eigenvalue weighted by atomic mass is 32.1. The van der Waals surface area contributed by atoms with Crippen LogP contribution in [0.1, 0.15) is 22.6 Å². The molecule has 1 aromatic heterocycles. The van der Waals surface area contributed by atoms with Gasteiger partial charge >= 0.3 is 0 Å². The van der Waals surface area contributed by atoms with Crippen molar-refractivity contribution in [2.45, 2.75) is 19.8 Å². The number of carbonyl (C=O) groups is 2. The first-order chi connectivity index (χ1) is 12.6. The zero-order chi connectivity index (χ0) is 18.4. The lowest BCUT2D eigenvalue weighted by Crippen LogP contribution is -2.32. The Bertz CT molecular complexity index is 807. The summed E-state index contributed by atoms with van der Waals surface area (Å²) in [5.74, 6) is 0.362. The summed E-state index contributed by atoms with van der Waals surface area (Å²) < 4.78 is 5.58. The molecule has 0 atom stereocenters. The maximum Gasteiger partial charge on any atom is 0.260 e. The molecular weight excluding hydrogens is 348 g/mol. The number of likely N-dealkylation sites (tertiary alicyclic amines) is 1. The largest absolute Gasteiger partial charge is 0.484 e. The van der Waals surface area contributed by atoms with Gasteiger partial charge in [-0.2, -0.15) is 0 Å². The molecule has 2 heterocycles. The number of nitrogens with zero attached hydrogens (tertiary/aromatic N) is 1. The molecule has 1 aliphatic heterocycles. The van der Waals surface area contributed by atoms with Gasteiger partial charge in [-0.25, -0.2) is 0 Å². The van der Waals surface area contributed by atoms with Crippen molar-refractivity contribution in [1.29, 1.82) is 0 Å². The number of thiophene rings is 1. The van der Waals surface area contributed by atoms with Crippen LogP contribution in [0.5, 0.6) is 5.75 Å². The molecule has 0 bridgehead atoms. The third kappa shape index (κ3) is 5.20. The Morgan fingerprint density at radius 1 is 1.23 bits per heavy atom. The molecular formula is C20H22N2O3S. The second-order valence-corrected chi connectivity index (χ2v) is 7.49. The predicted molar refractivity (Wildman–Crippen MR) is 104 cm³/mol. The number of nitrogens with one attached hydrogen (secondary N) is 1. The van der Waals surface area contributed by atoms with E-state index in [1.165, 1.54) is 11.0 Å². The standard InChI is InChI=1S/C20H22N2O3S/c1-15-7-8-18(26-15)9-10-19(23)21-16-5-4-6-17(13-16)25-14-20(24)22-11-2-3-12-22/h4-10,13H,2-3,11-12,14H2,1H3,(H,21,23)/b10-9+. The average molecular weight is 370 g/mol. The van der Waals surface area contributed by atoms with Gasteiger partial charge in [0.05, 0.1) is 0 Å². The van der Waals surface area contributed by atoms with Crippen LogP contribution in [0.3, 0.4) is 0 Å². The molecule has 0 aliphatic carbocycles. The third-order valence-electron chi connectivity index (χ3n) is 4.08. The number of rotatable bonds is 6. The number of hydrogen-bond acceptors (Lipinski definition) is 4. The highest BCUT2D eigenvalue weighted by molar-refractivity contribution is 7.12. The molecule has 0 spiro atoms. The quantitative estimate of drug-likeness (QED) is 0.789. The van der Waals surface area contributed by atoms with Crippen LogP contribution >= 0.6 is 11.3 Å². The van der Waals surface area contributed by atoms with Crippen LogP contribution in [0.2, 0.25) is 0 Å². The monoisotopic (exact) mass is 370 g/mol. The van der Waals surface area contributed by atoms with Crippen LogP contribution in [0.4, 0.5) is 5.69 Å². The number of carbonyl (C=O) groups excluding carboxylic acids is 2. The van der Waals surface area contributed by atoms with Crippen molar-refractivity contribution < 1.29 is 14.3 Å². The molecule has 2 aromatic rings. The molecule has 1 fully saturated rings. The number of anilines is 1. The fraction of sp³-hybridized carbons (Fsp3) is 0.300. The van der Waals surface area contributed by atoms with E-state index in [1.807, 2.05) is 24.0 Å². The van der Waals surface area contributed by atoms with Gasteiger partial charge in [-0.3, -0.25) is 9.59 Å². The van der Waals surface area contributed by atoms with Gasteiger partial charge in [0.2, 0.25) is 5.91 Å². The van der Waals surface area contributed by atoms with Crippen molar-refractivity contribution in [3.63, 3.8) is 0 Å². The fourth-order valence-electron chi connectivity index (χ4n) is 2.75. The number of benzene rings is 1. The van der Waals surface area contributed by atoms with E-state index in [2.05, 4.69) is 5.32 Å². The van der Waals surface area contributed by atoms with Gasteiger partial charge in [-0.05, 0) is 50.1 Å². The average Bonchev–Trinajstić information content (AvgIpc) is 3.30. The Hall–Kier alpha value is -2.60. The maximum absolute atomic E-state index is 12.0. The molecule has 0 unspecified atom stereocenters. The van der Waals surface area contributed by atoms with E-state index in [4.69, 9.17) is 4.74 Å². The van der Waals surface area contributed by atoms with E-state index < -0.39 is 0 Å². The Morgan fingerprint density at radius 3 is 2.77 bits per heavy atom. The maximum atomic E-state index is 12.0. The topological polar surface area (TPSA) is 58.6 Å². The number of hydrogen-bond donors (Lipinski definition) is 1. The molecule has 0 radical (unpaired) electrons. The molecule has 136 valence electrons.